The first-order valence-corrected chi connectivity index (χ1v) is 5.70. The smallest absolute Gasteiger partial charge is 0.305 e. The Bertz CT molecular complexity index is 457. The number of nitrogens with zero attached hydrogens (tertiary/aromatic N) is 1. The minimum absolute atomic E-state index is 0.0701. The van der Waals surface area contributed by atoms with Crippen LogP contribution in [0.1, 0.15) is 19.3 Å². The highest BCUT2D eigenvalue weighted by molar-refractivity contribution is 6.04. The number of hydroxylamine groups is 1. The number of Topliss-reactive ketones (excluding diaryl/α,β-unsaturated/α-hetero) is 1. The minimum atomic E-state index is -0.735. The van der Waals surface area contributed by atoms with Crippen LogP contribution in [-0.4, -0.2) is 30.0 Å². The number of hydrogen-bond acceptors (Lipinski definition) is 5. The van der Waals surface area contributed by atoms with Crippen molar-refractivity contribution >= 4 is 23.3 Å². The first-order valence-electron chi connectivity index (χ1n) is 5.70. The van der Waals surface area contributed by atoms with E-state index >= 15 is 0 Å². The fourth-order valence-corrected chi connectivity index (χ4v) is 1.39. The quantitative estimate of drug-likeness (QED) is 0.363. The summed E-state index contributed by atoms with van der Waals surface area (Å²) in [7, 11) is 1.23. The van der Waals surface area contributed by atoms with Crippen molar-refractivity contribution in [2.24, 2.45) is 0 Å². The van der Waals surface area contributed by atoms with E-state index in [0.717, 1.165) is 0 Å². The number of methoxy groups -OCH3 is 1. The largest absolute Gasteiger partial charge is 0.469 e. The third-order valence-electron chi connectivity index (χ3n) is 2.42. The van der Waals surface area contributed by atoms with Crippen LogP contribution in [0.4, 0.5) is 5.69 Å². The van der Waals surface area contributed by atoms with E-state index in [1.807, 2.05) is 0 Å². The molecule has 19 heavy (non-hydrogen) atoms. The van der Waals surface area contributed by atoms with Gasteiger partial charge in [0.2, 0.25) is 0 Å². The van der Waals surface area contributed by atoms with E-state index < -0.39 is 24.1 Å². The molecule has 1 N–H and O–H groups in total. The average molecular weight is 265 g/mol. The molecule has 1 rings (SSSR count). The first kappa shape index (κ1) is 14.8. The Morgan fingerprint density at radius 3 is 2.37 bits per heavy atom. The van der Waals surface area contributed by atoms with Crippen LogP contribution in [-0.2, 0) is 19.1 Å². The number of esters is 1. The Morgan fingerprint density at radius 1 is 1.16 bits per heavy atom. The van der Waals surface area contributed by atoms with Crippen molar-refractivity contribution < 1.29 is 24.3 Å². The predicted octanol–water partition coefficient (Wildman–Crippen LogP) is 1.32. The molecule has 0 aliphatic carbocycles. The van der Waals surface area contributed by atoms with Crippen LogP contribution < -0.4 is 5.06 Å². The number of rotatable bonds is 6. The van der Waals surface area contributed by atoms with Crippen LogP contribution in [0.5, 0.6) is 0 Å². The Kier molecular flexibility index (Phi) is 5.69. The summed E-state index contributed by atoms with van der Waals surface area (Å²) in [5.74, 6) is -1.67. The molecule has 102 valence electrons. The van der Waals surface area contributed by atoms with Gasteiger partial charge in [-0.2, -0.15) is 5.06 Å². The maximum atomic E-state index is 11.6. The Balaban J connectivity index is 2.46. The molecule has 1 aromatic carbocycles. The van der Waals surface area contributed by atoms with E-state index in [2.05, 4.69) is 4.74 Å². The zero-order valence-corrected chi connectivity index (χ0v) is 10.5. The molecule has 0 spiro atoms. The second-order valence-corrected chi connectivity index (χ2v) is 3.83. The standard InChI is InChI=1S/C13H15NO5/c1-19-13(17)8-7-11(15)9-12(16)14(18)10-5-3-2-4-6-10/h2-6,18H,7-9H2,1H3. The lowest BCUT2D eigenvalue weighted by Crippen LogP contribution is -2.29. The van der Waals surface area contributed by atoms with Crippen LogP contribution in [0.3, 0.4) is 0 Å². The topological polar surface area (TPSA) is 83.9 Å². The lowest BCUT2D eigenvalue weighted by Gasteiger charge is -2.14. The number of carbonyl (C=O) groups is 3. The zero-order valence-electron chi connectivity index (χ0n) is 10.5. The van der Waals surface area contributed by atoms with Crippen LogP contribution in [0.15, 0.2) is 30.3 Å². The number of para-hydroxylation sites is 1. The molecule has 6 nitrogen and oxygen atoms in total. The first-order chi connectivity index (χ1) is 9.04. The van der Waals surface area contributed by atoms with Gasteiger partial charge in [0, 0.05) is 6.42 Å². The molecule has 0 atom stereocenters. The average Bonchev–Trinajstić information content (AvgIpc) is 2.44. The molecule has 0 bridgehead atoms. The molecule has 1 aromatic rings. The molecule has 0 fully saturated rings. The highest BCUT2D eigenvalue weighted by atomic mass is 16.5. The van der Waals surface area contributed by atoms with E-state index in [1.165, 1.54) is 19.2 Å². The lowest BCUT2D eigenvalue weighted by atomic mass is 10.1. The molecule has 0 saturated heterocycles. The number of amides is 1. The van der Waals surface area contributed by atoms with Crippen molar-refractivity contribution in [3.8, 4) is 0 Å². The summed E-state index contributed by atoms with van der Waals surface area (Å²) in [4.78, 5) is 33.9. The zero-order chi connectivity index (χ0) is 14.3. The molecule has 1 amide bonds. The summed E-state index contributed by atoms with van der Waals surface area (Å²) in [5, 5.41) is 10.0. The van der Waals surface area contributed by atoms with Gasteiger partial charge in [-0.05, 0) is 12.1 Å². The monoisotopic (exact) mass is 265 g/mol. The number of carbonyl (C=O) groups excluding carboxylic acids is 3. The number of anilines is 1. The van der Waals surface area contributed by atoms with Crippen LogP contribution >= 0.6 is 0 Å². The molecule has 0 aromatic heterocycles. The molecule has 6 heteroatoms. The van der Waals surface area contributed by atoms with Crippen molar-refractivity contribution in [1.29, 1.82) is 0 Å². The molecule has 0 saturated carbocycles. The summed E-state index contributed by atoms with van der Waals surface area (Å²) < 4.78 is 4.39. The lowest BCUT2D eigenvalue weighted by molar-refractivity contribution is -0.142. The molecule has 0 aliphatic heterocycles. The van der Waals surface area contributed by atoms with E-state index in [0.29, 0.717) is 5.06 Å². The van der Waals surface area contributed by atoms with Gasteiger partial charge in [0.25, 0.3) is 5.91 Å². The highest BCUT2D eigenvalue weighted by Crippen LogP contribution is 2.12. The Hall–Kier alpha value is -2.21. The Morgan fingerprint density at radius 2 is 1.79 bits per heavy atom. The van der Waals surface area contributed by atoms with E-state index in [-0.39, 0.29) is 18.5 Å². The van der Waals surface area contributed by atoms with Crippen molar-refractivity contribution in [1.82, 2.24) is 0 Å². The van der Waals surface area contributed by atoms with Crippen molar-refractivity contribution in [2.45, 2.75) is 19.3 Å². The molecular formula is C13H15NO5. The van der Waals surface area contributed by atoms with Gasteiger partial charge in [0.1, 0.15) is 5.78 Å². The van der Waals surface area contributed by atoms with Crippen molar-refractivity contribution in [3.63, 3.8) is 0 Å². The third-order valence-corrected chi connectivity index (χ3v) is 2.42. The predicted molar refractivity (Wildman–Crippen MR) is 66.6 cm³/mol. The molecular weight excluding hydrogens is 250 g/mol. The summed E-state index contributed by atoms with van der Waals surface area (Å²) in [6.07, 6.45) is -0.608. The van der Waals surface area contributed by atoms with Gasteiger partial charge < -0.3 is 4.74 Å². The number of hydrogen-bond donors (Lipinski definition) is 1. The van der Waals surface area contributed by atoms with E-state index in [4.69, 9.17) is 0 Å². The fourth-order valence-electron chi connectivity index (χ4n) is 1.39. The van der Waals surface area contributed by atoms with Crippen LogP contribution in [0, 0.1) is 0 Å². The van der Waals surface area contributed by atoms with E-state index in [1.54, 1.807) is 18.2 Å². The van der Waals surface area contributed by atoms with Gasteiger partial charge in [0.05, 0.1) is 25.6 Å². The normalized spacial score (nSPS) is 9.79. The van der Waals surface area contributed by atoms with Crippen LogP contribution in [0.25, 0.3) is 0 Å². The maximum Gasteiger partial charge on any atom is 0.305 e. The van der Waals surface area contributed by atoms with Crippen LogP contribution in [0.2, 0.25) is 0 Å². The van der Waals surface area contributed by atoms with Gasteiger partial charge in [-0.25, -0.2) is 0 Å². The van der Waals surface area contributed by atoms with Gasteiger partial charge in [-0.3, -0.25) is 19.6 Å². The second kappa shape index (κ2) is 7.27. The Labute approximate surface area is 110 Å². The summed E-state index contributed by atoms with van der Waals surface area (Å²) >= 11 is 0. The second-order valence-electron chi connectivity index (χ2n) is 3.83. The minimum Gasteiger partial charge on any atom is -0.469 e. The summed E-state index contributed by atoms with van der Waals surface area (Å²) in [6.45, 7) is 0. The molecule has 0 unspecified atom stereocenters. The van der Waals surface area contributed by atoms with Gasteiger partial charge >= 0.3 is 5.97 Å². The van der Waals surface area contributed by atoms with E-state index in [9.17, 15) is 19.6 Å². The number of ether oxygens (including phenoxy) is 1. The number of benzene rings is 1. The number of ketones is 1. The van der Waals surface area contributed by atoms with Crippen molar-refractivity contribution in [3.05, 3.63) is 30.3 Å². The summed E-state index contributed by atoms with van der Waals surface area (Å²) in [5.41, 5.74) is 0.285. The van der Waals surface area contributed by atoms with Crippen molar-refractivity contribution in [2.75, 3.05) is 12.2 Å². The molecule has 0 heterocycles. The summed E-state index contributed by atoms with van der Waals surface area (Å²) in [6, 6.07) is 8.13. The fraction of sp³-hybridized carbons (Fsp3) is 0.308. The van der Waals surface area contributed by atoms with Gasteiger partial charge in [-0.1, -0.05) is 18.2 Å². The van der Waals surface area contributed by atoms with Gasteiger partial charge in [0.15, 0.2) is 0 Å². The molecule has 0 aliphatic rings. The maximum absolute atomic E-state index is 11.6. The van der Waals surface area contributed by atoms with Gasteiger partial charge in [-0.15, -0.1) is 0 Å². The SMILES string of the molecule is COC(=O)CCC(=O)CC(=O)N(O)c1ccccc1. The highest BCUT2D eigenvalue weighted by Gasteiger charge is 2.17. The molecule has 0 radical (unpaired) electrons. The third kappa shape index (κ3) is 4.89.